The van der Waals surface area contributed by atoms with Crippen molar-refractivity contribution in [2.75, 3.05) is 6.26 Å². The van der Waals surface area contributed by atoms with E-state index in [1.165, 1.54) is 24.8 Å². The summed E-state index contributed by atoms with van der Waals surface area (Å²) in [7, 11) is 0. The van der Waals surface area contributed by atoms with Crippen LogP contribution >= 0.6 is 24.0 Å². The summed E-state index contributed by atoms with van der Waals surface area (Å²) in [6.07, 6.45) is 2.74. The molecule has 1 aliphatic heterocycles. The molecule has 0 saturated carbocycles. The number of aromatic nitrogens is 6. The van der Waals surface area contributed by atoms with Gasteiger partial charge >= 0.3 is 0 Å². The molecular weight excluding hydrogens is 608 g/mol. The molecule has 0 saturated heterocycles. The molecule has 0 radical (unpaired) electrons. The number of nitrogens with one attached hydrogen (secondary N) is 2. The van der Waals surface area contributed by atoms with Crippen LogP contribution in [-0.2, 0) is 13.0 Å². The third-order valence-corrected chi connectivity index (χ3v) is 6.44. The fraction of sp³-hybridized carbons (Fsp3) is 0.516. The summed E-state index contributed by atoms with van der Waals surface area (Å²) < 4.78 is 41.5. The number of thiol groups is 1. The molecule has 13 heteroatoms. The molecule has 0 spiro atoms. The van der Waals surface area contributed by atoms with E-state index in [0.29, 0.717) is 52.0 Å². The molecule has 0 fully saturated rings. The molecule has 0 aliphatic carbocycles. The third kappa shape index (κ3) is 11.4. The summed E-state index contributed by atoms with van der Waals surface area (Å²) in [5.74, 6) is 0.350. The van der Waals surface area contributed by atoms with Crippen LogP contribution in [0.5, 0.6) is 0 Å². The minimum Gasteiger partial charge on any atom is -0.347 e. The molecule has 3 aromatic heterocycles. The van der Waals surface area contributed by atoms with E-state index in [9.17, 15) is 18.0 Å². The number of amides is 1. The Morgan fingerprint density at radius 3 is 2.34 bits per heavy atom. The average molecular weight is 656 g/mol. The van der Waals surface area contributed by atoms with E-state index in [1.54, 1.807) is 30.0 Å². The van der Waals surface area contributed by atoms with Crippen molar-refractivity contribution in [2.24, 2.45) is 0 Å². The molecular formula is C31H48F3N7OS2. The Balaban J connectivity index is 0.00000151. The van der Waals surface area contributed by atoms with Crippen molar-refractivity contribution in [3.8, 4) is 22.0 Å². The van der Waals surface area contributed by atoms with Crippen LogP contribution in [0.15, 0.2) is 30.5 Å². The molecule has 0 bridgehead atoms. The van der Waals surface area contributed by atoms with Gasteiger partial charge < -0.3 is 5.32 Å². The number of fused-ring (bicyclic) bond motifs is 1. The number of carbonyl (C=O) groups is 1. The lowest BCUT2D eigenvalue weighted by Crippen LogP contribution is -2.40. The Kier molecular flexibility index (Phi) is 20.7. The predicted molar refractivity (Wildman–Crippen MR) is 179 cm³/mol. The summed E-state index contributed by atoms with van der Waals surface area (Å²) in [5.41, 5.74) is 0.835. The predicted octanol–water partition coefficient (Wildman–Crippen LogP) is 8.96. The highest BCUT2D eigenvalue weighted by atomic mass is 32.1. The van der Waals surface area contributed by atoms with Gasteiger partial charge in [-0.25, -0.2) is 27.8 Å². The van der Waals surface area contributed by atoms with Crippen molar-refractivity contribution in [3.05, 3.63) is 58.4 Å². The summed E-state index contributed by atoms with van der Waals surface area (Å²) in [6, 6.07) is 5.86. The number of rotatable bonds is 5. The van der Waals surface area contributed by atoms with Crippen molar-refractivity contribution in [1.29, 1.82) is 0 Å². The van der Waals surface area contributed by atoms with Crippen LogP contribution in [0.2, 0.25) is 0 Å². The molecule has 1 atom stereocenters. The quantitative estimate of drug-likeness (QED) is 0.186. The standard InChI is InChI=1S/C21H18F3N7OS.C3H8.3C2H6.CH4S/c1-10-16(18(23)24)28-21(33-10)14-9-25-29-17(14)20(32)26-13-5-6-31-15(8-13)27-19(30-31)11-3-2-4-12(22)7-11;1-3-2;4*1-2/h2-4,7,9,13,18H,5-6,8H2,1H3,(H,25,29)(H,26,32);3H2,1-2H3;3*1-2H3;2H,1H3. The largest absolute Gasteiger partial charge is 0.347 e. The molecule has 4 aromatic rings. The first-order valence-corrected chi connectivity index (χ1v) is 16.8. The van der Waals surface area contributed by atoms with Crippen LogP contribution in [0.25, 0.3) is 22.0 Å². The van der Waals surface area contributed by atoms with Crippen LogP contribution in [0, 0.1) is 12.7 Å². The number of carbonyl (C=O) groups excluding carboxylic acids is 1. The second kappa shape index (κ2) is 22.3. The molecule has 1 aliphatic rings. The number of nitrogens with zero attached hydrogens (tertiary/aromatic N) is 5. The maximum Gasteiger partial charge on any atom is 0.281 e. The molecule has 2 N–H and O–H groups in total. The van der Waals surface area contributed by atoms with Gasteiger partial charge in [-0.15, -0.1) is 11.3 Å². The van der Waals surface area contributed by atoms with Crippen molar-refractivity contribution >= 4 is 29.9 Å². The zero-order chi connectivity index (χ0) is 33.8. The number of aromatic amines is 1. The molecule has 44 heavy (non-hydrogen) atoms. The fourth-order valence-corrected chi connectivity index (χ4v) is 4.72. The maximum atomic E-state index is 13.5. The number of halogens is 3. The zero-order valence-corrected chi connectivity index (χ0v) is 29.2. The summed E-state index contributed by atoms with van der Waals surface area (Å²) in [6.45, 7) is 18.4. The van der Waals surface area contributed by atoms with Gasteiger partial charge in [-0.2, -0.15) is 22.8 Å². The van der Waals surface area contributed by atoms with Crippen LogP contribution in [0.3, 0.4) is 0 Å². The number of H-pyrrole nitrogens is 1. The minimum absolute atomic E-state index is 0.164. The first-order chi connectivity index (χ1) is 21.3. The Labute approximate surface area is 269 Å². The van der Waals surface area contributed by atoms with Gasteiger partial charge in [-0.3, -0.25) is 9.89 Å². The summed E-state index contributed by atoms with van der Waals surface area (Å²) >= 11 is 4.62. The number of benzene rings is 1. The third-order valence-electron chi connectivity index (χ3n) is 5.42. The van der Waals surface area contributed by atoms with Gasteiger partial charge in [-0.05, 0) is 31.7 Å². The monoisotopic (exact) mass is 655 g/mol. The van der Waals surface area contributed by atoms with Gasteiger partial charge in [0.2, 0.25) is 0 Å². The lowest BCUT2D eigenvalue weighted by molar-refractivity contribution is 0.0925. The number of alkyl halides is 2. The minimum atomic E-state index is -2.68. The van der Waals surface area contributed by atoms with E-state index in [4.69, 9.17) is 0 Å². The molecule has 1 unspecified atom stereocenters. The van der Waals surface area contributed by atoms with Crippen LogP contribution in [0.1, 0.15) is 102 Å². The van der Waals surface area contributed by atoms with E-state index in [2.05, 4.69) is 57.1 Å². The van der Waals surface area contributed by atoms with Crippen molar-refractivity contribution < 1.29 is 18.0 Å². The van der Waals surface area contributed by atoms with Gasteiger partial charge in [0.1, 0.15) is 28.0 Å². The fourth-order valence-electron chi connectivity index (χ4n) is 3.78. The molecule has 8 nitrogen and oxygen atoms in total. The summed E-state index contributed by atoms with van der Waals surface area (Å²) in [5, 5.41) is 14.3. The van der Waals surface area contributed by atoms with Crippen molar-refractivity contribution in [2.45, 2.75) is 101 Å². The van der Waals surface area contributed by atoms with Crippen molar-refractivity contribution in [1.82, 2.24) is 35.3 Å². The maximum absolute atomic E-state index is 13.5. The first kappa shape index (κ1) is 40.8. The number of aryl methyl sites for hydroxylation is 2. The highest BCUT2D eigenvalue weighted by Crippen LogP contribution is 2.33. The Hall–Kier alpha value is -3.19. The second-order valence-electron chi connectivity index (χ2n) is 8.38. The number of hydrogen-bond donors (Lipinski definition) is 3. The molecule has 4 heterocycles. The Morgan fingerprint density at radius 2 is 1.77 bits per heavy atom. The highest BCUT2D eigenvalue weighted by molar-refractivity contribution is 7.79. The molecule has 5 rings (SSSR count). The van der Waals surface area contributed by atoms with Gasteiger partial charge in [0, 0.05) is 29.4 Å². The second-order valence-corrected chi connectivity index (χ2v) is 9.58. The van der Waals surface area contributed by atoms with Crippen LogP contribution in [0.4, 0.5) is 13.2 Å². The van der Waals surface area contributed by atoms with Gasteiger partial charge in [0.15, 0.2) is 5.82 Å². The first-order valence-electron chi connectivity index (χ1n) is 15.0. The Bertz CT molecular complexity index is 1360. The highest BCUT2D eigenvalue weighted by Gasteiger charge is 2.27. The molecule has 246 valence electrons. The number of thiazole rings is 1. The lowest BCUT2D eigenvalue weighted by atomic mass is 10.1. The smallest absolute Gasteiger partial charge is 0.281 e. The van der Waals surface area contributed by atoms with Gasteiger partial charge in [-0.1, -0.05) is 73.9 Å². The Morgan fingerprint density at radius 1 is 1.14 bits per heavy atom. The average Bonchev–Trinajstić information content (AvgIpc) is 3.80. The van der Waals surface area contributed by atoms with E-state index in [1.807, 2.05) is 41.5 Å². The number of hydrogen-bond acceptors (Lipinski definition) is 7. The zero-order valence-electron chi connectivity index (χ0n) is 27.5. The van der Waals surface area contributed by atoms with Gasteiger partial charge in [0.25, 0.3) is 12.3 Å². The van der Waals surface area contributed by atoms with Crippen LogP contribution < -0.4 is 5.32 Å². The molecule has 1 amide bonds. The van der Waals surface area contributed by atoms with Crippen LogP contribution in [-0.4, -0.2) is 48.2 Å². The van der Waals surface area contributed by atoms with E-state index in [0.717, 1.165) is 11.3 Å². The molecule has 1 aromatic carbocycles. The van der Waals surface area contributed by atoms with Crippen molar-refractivity contribution in [3.63, 3.8) is 0 Å². The summed E-state index contributed by atoms with van der Waals surface area (Å²) in [4.78, 5) is 21.8. The van der Waals surface area contributed by atoms with E-state index in [-0.39, 0.29) is 23.2 Å². The van der Waals surface area contributed by atoms with E-state index >= 15 is 0 Å². The normalized spacial score (nSPS) is 12.7. The topological polar surface area (TPSA) is 101 Å². The SMILES string of the molecule is CC.CC.CC.CCC.CS.Cc1sc(-c2cn[nH]c2C(=O)NC2CCn3nc(-c4cccc(F)c4)nc3C2)nc1C(F)F. The van der Waals surface area contributed by atoms with Gasteiger partial charge in [0.05, 0.1) is 11.8 Å². The lowest BCUT2D eigenvalue weighted by Gasteiger charge is -2.23. The van der Waals surface area contributed by atoms with E-state index < -0.39 is 12.3 Å².